The molecule has 3 rings (SSSR count). The van der Waals surface area contributed by atoms with Crippen LogP contribution in [0, 0.1) is 6.92 Å². The molecule has 1 aliphatic heterocycles. The Morgan fingerprint density at radius 3 is 2.37 bits per heavy atom. The predicted octanol–water partition coefficient (Wildman–Crippen LogP) is 2.52. The monoisotopic (exact) mass is 390 g/mol. The van der Waals surface area contributed by atoms with Gasteiger partial charge in [0, 0.05) is 32.7 Å². The highest BCUT2D eigenvalue weighted by Gasteiger charge is 2.30. The molecule has 1 fully saturated rings. The highest BCUT2D eigenvalue weighted by Crippen LogP contribution is 2.28. The number of aryl methyl sites for hydroxylation is 1. The van der Waals surface area contributed by atoms with Gasteiger partial charge in [-0.05, 0) is 42.3 Å². The van der Waals surface area contributed by atoms with Crippen LogP contribution in [0.2, 0.25) is 0 Å². The summed E-state index contributed by atoms with van der Waals surface area (Å²) >= 11 is 0. The van der Waals surface area contributed by atoms with Crippen molar-refractivity contribution in [1.29, 1.82) is 0 Å². The van der Waals surface area contributed by atoms with Gasteiger partial charge in [0.15, 0.2) is 0 Å². The Labute approximate surface area is 161 Å². The molecule has 0 N–H and O–H groups in total. The molecule has 0 aliphatic carbocycles. The Hall–Kier alpha value is -2.09. The number of piperazine rings is 1. The van der Waals surface area contributed by atoms with Gasteiger partial charge in [-0.2, -0.15) is 4.31 Å². The van der Waals surface area contributed by atoms with Crippen LogP contribution >= 0.6 is 0 Å². The summed E-state index contributed by atoms with van der Waals surface area (Å²) in [6.07, 6.45) is 0. The molecule has 6 nitrogen and oxygen atoms in total. The van der Waals surface area contributed by atoms with Crippen molar-refractivity contribution in [3.63, 3.8) is 0 Å². The Balaban J connectivity index is 1.68. The van der Waals surface area contributed by atoms with Gasteiger partial charge in [0.25, 0.3) is 0 Å². The van der Waals surface area contributed by atoms with Gasteiger partial charge in [0.1, 0.15) is 16.4 Å². The molecule has 7 heteroatoms. The van der Waals surface area contributed by atoms with E-state index in [-0.39, 0.29) is 4.90 Å². The molecule has 1 aliphatic rings. The van der Waals surface area contributed by atoms with E-state index in [4.69, 9.17) is 9.47 Å². The summed E-state index contributed by atoms with van der Waals surface area (Å²) < 4.78 is 38.2. The van der Waals surface area contributed by atoms with Crippen molar-refractivity contribution in [3.05, 3.63) is 53.6 Å². The average molecular weight is 391 g/mol. The molecule has 0 aromatic heterocycles. The van der Waals surface area contributed by atoms with Crippen molar-refractivity contribution >= 4 is 10.0 Å². The number of hydrogen-bond donors (Lipinski definition) is 0. The largest absolute Gasteiger partial charge is 0.497 e. The van der Waals surface area contributed by atoms with E-state index in [9.17, 15) is 8.42 Å². The molecule has 0 bridgehead atoms. The van der Waals surface area contributed by atoms with E-state index in [1.807, 2.05) is 31.2 Å². The lowest BCUT2D eigenvalue weighted by Gasteiger charge is -2.34. The van der Waals surface area contributed by atoms with E-state index in [1.54, 1.807) is 23.5 Å². The maximum absolute atomic E-state index is 13.1. The number of benzene rings is 2. The number of hydrogen-bond acceptors (Lipinski definition) is 5. The second-order valence-corrected chi connectivity index (χ2v) is 8.59. The quantitative estimate of drug-likeness (QED) is 0.759. The maximum atomic E-state index is 13.1. The fourth-order valence-electron chi connectivity index (χ4n) is 3.28. The van der Waals surface area contributed by atoms with Crippen LogP contribution in [0.3, 0.4) is 0 Å². The molecule has 146 valence electrons. The Morgan fingerprint density at radius 2 is 1.70 bits per heavy atom. The van der Waals surface area contributed by atoms with E-state index in [0.29, 0.717) is 31.9 Å². The van der Waals surface area contributed by atoms with Crippen LogP contribution < -0.4 is 9.47 Å². The second-order valence-electron chi connectivity index (χ2n) is 6.69. The number of ether oxygens (including phenoxy) is 2. The fraction of sp³-hybridized carbons (Fsp3) is 0.400. The number of rotatable bonds is 6. The smallest absolute Gasteiger partial charge is 0.246 e. The van der Waals surface area contributed by atoms with Crippen LogP contribution in [-0.2, 0) is 16.6 Å². The summed E-state index contributed by atoms with van der Waals surface area (Å²) in [6, 6.07) is 13.2. The molecule has 2 aromatic carbocycles. The zero-order valence-electron chi connectivity index (χ0n) is 16.0. The van der Waals surface area contributed by atoms with Crippen LogP contribution in [0.4, 0.5) is 0 Å². The van der Waals surface area contributed by atoms with Crippen molar-refractivity contribution in [2.24, 2.45) is 0 Å². The molecular formula is C20H26N2O4S. The van der Waals surface area contributed by atoms with Gasteiger partial charge < -0.3 is 9.47 Å². The first kappa shape index (κ1) is 19.7. The van der Waals surface area contributed by atoms with Crippen LogP contribution in [0.5, 0.6) is 11.5 Å². The van der Waals surface area contributed by atoms with Gasteiger partial charge in [-0.3, -0.25) is 4.90 Å². The molecule has 0 amide bonds. The summed E-state index contributed by atoms with van der Waals surface area (Å²) in [5.41, 5.74) is 2.05. The van der Waals surface area contributed by atoms with Crippen molar-refractivity contribution in [3.8, 4) is 11.5 Å². The Kier molecular flexibility index (Phi) is 6.04. The first-order valence-corrected chi connectivity index (χ1v) is 10.4. The molecule has 0 unspecified atom stereocenters. The lowest BCUT2D eigenvalue weighted by Crippen LogP contribution is -2.48. The Morgan fingerprint density at radius 1 is 0.963 bits per heavy atom. The minimum Gasteiger partial charge on any atom is -0.497 e. The third kappa shape index (κ3) is 4.43. The van der Waals surface area contributed by atoms with Gasteiger partial charge in [0.05, 0.1) is 14.2 Å². The van der Waals surface area contributed by atoms with Crippen molar-refractivity contribution in [2.45, 2.75) is 18.4 Å². The third-order valence-electron chi connectivity index (χ3n) is 4.81. The van der Waals surface area contributed by atoms with Gasteiger partial charge >= 0.3 is 0 Å². The summed E-state index contributed by atoms with van der Waals surface area (Å²) in [4.78, 5) is 2.50. The van der Waals surface area contributed by atoms with Crippen LogP contribution in [-0.4, -0.2) is 58.0 Å². The maximum Gasteiger partial charge on any atom is 0.246 e. The molecule has 1 heterocycles. The van der Waals surface area contributed by atoms with E-state index in [2.05, 4.69) is 11.0 Å². The zero-order chi connectivity index (χ0) is 19.4. The first-order chi connectivity index (χ1) is 12.9. The zero-order valence-corrected chi connectivity index (χ0v) is 16.8. The van der Waals surface area contributed by atoms with Gasteiger partial charge in [0.2, 0.25) is 10.0 Å². The van der Waals surface area contributed by atoms with Gasteiger partial charge in [-0.25, -0.2) is 8.42 Å². The number of methoxy groups -OCH3 is 2. The average Bonchev–Trinajstić information content (AvgIpc) is 2.68. The Bertz CT molecular complexity index is 891. The minimum atomic E-state index is -3.57. The molecule has 0 radical (unpaired) electrons. The molecule has 0 saturated carbocycles. The lowest BCUT2D eigenvalue weighted by atomic mass is 10.2. The standard InChI is InChI=1S/C20H26N2O4S/c1-16-7-8-19(26-3)20(13-16)27(23,24)22-11-9-21(10-12-22)15-17-5-4-6-18(14-17)25-2/h4-8,13-14H,9-12,15H2,1-3H3. The van der Waals surface area contributed by atoms with E-state index >= 15 is 0 Å². The highest BCUT2D eigenvalue weighted by atomic mass is 32.2. The lowest BCUT2D eigenvalue weighted by molar-refractivity contribution is 0.181. The normalized spacial score (nSPS) is 16.3. The van der Waals surface area contributed by atoms with E-state index < -0.39 is 10.0 Å². The molecule has 0 spiro atoms. The van der Waals surface area contributed by atoms with E-state index in [0.717, 1.165) is 23.4 Å². The summed E-state index contributed by atoms with van der Waals surface area (Å²) in [7, 11) is -0.422. The number of sulfonamides is 1. The summed E-state index contributed by atoms with van der Waals surface area (Å²) in [5.74, 6) is 1.22. The van der Waals surface area contributed by atoms with Crippen LogP contribution in [0.15, 0.2) is 47.4 Å². The molecule has 27 heavy (non-hydrogen) atoms. The van der Waals surface area contributed by atoms with Crippen LogP contribution in [0.1, 0.15) is 11.1 Å². The first-order valence-electron chi connectivity index (χ1n) is 8.94. The number of nitrogens with zero attached hydrogens (tertiary/aromatic N) is 2. The SMILES string of the molecule is COc1cccc(CN2CCN(S(=O)(=O)c3cc(C)ccc3OC)CC2)c1. The topological polar surface area (TPSA) is 59.1 Å². The second kappa shape index (κ2) is 8.29. The van der Waals surface area contributed by atoms with E-state index in [1.165, 1.54) is 7.11 Å². The van der Waals surface area contributed by atoms with Crippen molar-refractivity contribution in [1.82, 2.24) is 9.21 Å². The highest BCUT2D eigenvalue weighted by molar-refractivity contribution is 7.89. The molecule has 0 atom stereocenters. The minimum absolute atomic E-state index is 0.242. The molecular weight excluding hydrogens is 364 g/mol. The molecule has 2 aromatic rings. The van der Waals surface area contributed by atoms with Crippen LogP contribution in [0.25, 0.3) is 0 Å². The summed E-state index contributed by atoms with van der Waals surface area (Å²) in [5, 5.41) is 0. The molecule has 1 saturated heterocycles. The summed E-state index contributed by atoms with van der Waals surface area (Å²) in [6.45, 7) is 4.95. The van der Waals surface area contributed by atoms with Crippen molar-refractivity contribution in [2.75, 3.05) is 40.4 Å². The van der Waals surface area contributed by atoms with Gasteiger partial charge in [-0.15, -0.1) is 0 Å². The third-order valence-corrected chi connectivity index (χ3v) is 6.73. The predicted molar refractivity (Wildman–Crippen MR) is 105 cm³/mol. The van der Waals surface area contributed by atoms with Crippen molar-refractivity contribution < 1.29 is 17.9 Å². The van der Waals surface area contributed by atoms with Gasteiger partial charge in [-0.1, -0.05) is 18.2 Å². The fourth-order valence-corrected chi connectivity index (χ4v) is 4.94.